The number of aromatic amines is 1. The second-order valence-corrected chi connectivity index (χ2v) is 8.95. The molecular formula is C21H18F2N4O5S. The lowest BCUT2D eigenvalue weighted by Crippen LogP contribution is -2.06. The minimum atomic E-state index is -3.49. The van der Waals surface area contributed by atoms with Crippen LogP contribution in [0.1, 0.15) is 0 Å². The Balaban J connectivity index is 1.73. The van der Waals surface area contributed by atoms with Gasteiger partial charge in [0.2, 0.25) is 0 Å². The Kier molecular flexibility index (Phi) is 6.20. The van der Waals surface area contributed by atoms with Gasteiger partial charge >= 0.3 is 6.01 Å². The molecule has 172 valence electrons. The van der Waals surface area contributed by atoms with Crippen molar-refractivity contribution in [3.63, 3.8) is 0 Å². The molecule has 0 aliphatic carbocycles. The van der Waals surface area contributed by atoms with Crippen LogP contribution in [0.25, 0.3) is 22.3 Å². The zero-order valence-electron chi connectivity index (χ0n) is 17.5. The number of hydrogen-bond acceptors (Lipinski definition) is 8. The van der Waals surface area contributed by atoms with Gasteiger partial charge in [-0.3, -0.25) is 5.10 Å². The van der Waals surface area contributed by atoms with Gasteiger partial charge in [-0.1, -0.05) is 0 Å². The number of halogens is 2. The summed E-state index contributed by atoms with van der Waals surface area (Å²) in [5.41, 5.74) is 1.03. The monoisotopic (exact) mass is 476 g/mol. The Morgan fingerprint density at radius 2 is 1.85 bits per heavy atom. The van der Waals surface area contributed by atoms with Gasteiger partial charge in [0, 0.05) is 31.2 Å². The van der Waals surface area contributed by atoms with Gasteiger partial charge < -0.3 is 14.2 Å². The lowest BCUT2D eigenvalue weighted by atomic mass is 10.1. The van der Waals surface area contributed by atoms with Crippen LogP contribution in [0.4, 0.5) is 8.78 Å². The van der Waals surface area contributed by atoms with Crippen LogP contribution in [-0.4, -0.2) is 55.2 Å². The molecule has 0 fully saturated rings. The number of aromatic nitrogens is 4. The van der Waals surface area contributed by atoms with E-state index in [-0.39, 0.29) is 28.9 Å². The predicted molar refractivity (Wildman–Crippen MR) is 114 cm³/mol. The maximum Gasteiger partial charge on any atom is 0.324 e. The number of nitrogens with zero attached hydrogens (tertiary/aromatic N) is 3. The van der Waals surface area contributed by atoms with Crippen LogP contribution in [0.15, 0.2) is 47.5 Å². The Morgan fingerprint density at radius 1 is 1.06 bits per heavy atom. The van der Waals surface area contributed by atoms with Crippen molar-refractivity contribution < 1.29 is 31.4 Å². The average molecular weight is 476 g/mol. The van der Waals surface area contributed by atoms with Crippen molar-refractivity contribution in [1.29, 1.82) is 0 Å². The van der Waals surface area contributed by atoms with E-state index in [1.54, 1.807) is 6.07 Å². The summed E-state index contributed by atoms with van der Waals surface area (Å²) in [7, 11) is -1.95. The normalized spacial score (nSPS) is 11.6. The number of sulfone groups is 1. The van der Waals surface area contributed by atoms with E-state index in [0.29, 0.717) is 35.1 Å². The second-order valence-electron chi connectivity index (χ2n) is 6.94. The molecular weight excluding hydrogens is 458 g/mol. The fourth-order valence-corrected chi connectivity index (χ4v) is 3.64. The summed E-state index contributed by atoms with van der Waals surface area (Å²) in [6, 6.07) is 7.09. The standard InChI is InChI=1S/C21H18F2N4O5S/c1-30-7-8-31-17-6-4-13(33(2,28)29)10-14(17)19-15-11-24-21(25-20(15)27-26-19)32-18-5-3-12(22)9-16(18)23/h3-6,9-11H,7-8H2,1-2H3,(H,24,25,26,27). The number of hydrogen-bond donors (Lipinski definition) is 1. The van der Waals surface area contributed by atoms with Crippen molar-refractivity contribution >= 4 is 20.9 Å². The van der Waals surface area contributed by atoms with Crippen molar-refractivity contribution in [2.45, 2.75) is 4.90 Å². The Morgan fingerprint density at radius 3 is 2.58 bits per heavy atom. The lowest BCUT2D eigenvalue weighted by Gasteiger charge is -2.12. The first kappa shape index (κ1) is 22.6. The number of ether oxygens (including phenoxy) is 3. The summed E-state index contributed by atoms with van der Waals surface area (Å²) >= 11 is 0. The fraction of sp³-hybridized carbons (Fsp3) is 0.190. The van der Waals surface area contributed by atoms with Crippen LogP contribution in [0.5, 0.6) is 17.5 Å². The molecule has 4 rings (SSSR count). The highest BCUT2D eigenvalue weighted by atomic mass is 32.2. The summed E-state index contributed by atoms with van der Waals surface area (Å²) in [5.74, 6) is -1.50. The molecule has 0 amide bonds. The van der Waals surface area contributed by atoms with Crippen molar-refractivity contribution in [3.05, 3.63) is 54.2 Å². The summed E-state index contributed by atoms with van der Waals surface area (Å²) in [5, 5.41) is 7.38. The maximum absolute atomic E-state index is 13.9. The highest BCUT2D eigenvalue weighted by molar-refractivity contribution is 7.90. The van der Waals surface area contributed by atoms with Crippen molar-refractivity contribution in [2.24, 2.45) is 0 Å². The Labute approximate surface area is 187 Å². The van der Waals surface area contributed by atoms with Gasteiger partial charge in [0.15, 0.2) is 27.1 Å². The quantitative estimate of drug-likeness (QED) is 0.384. The van der Waals surface area contributed by atoms with E-state index in [1.165, 1.54) is 25.4 Å². The van der Waals surface area contributed by atoms with Gasteiger partial charge in [-0.25, -0.2) is 22.2 Å². The molecule has 0 saturated heterocycles. The first-order chi connectivity index (χ1) is 15.8. The van der Waals surface area contributed by atoms with Crippen molar-refractivity contribution in [1.82, 2.24) is 20.2 Å². The van der Waals surface area contributed by atoms with Gasteiger partial charge in [-0.2, -0.15) is 10.1 Å². The molecule has 0 radical (unpaired) electrons. The summed E-state index contributed by atoms with van der Waals surface area (Å²) in [6.07, 6.45) is 2.49. The van der Waals surface area contributed by atoms with Gasteiger partial charge in [0.1, 0.15) is 18.2 Å². The predicted octanol–water partition coefficient (Wildman–Crippen LogP) is 3.52. The highest BCUT2D eigenvalue weighted by Crippen LogP contribution is 2.35. The molecule has 4 aromatic rings. The molecule has 9 nitrogen and oxygen atoms in total. The van der Waals surface area contributed by atoms with E-state index in [0.717, 1.165) is 18.4 Å². The number of methoxy groups -OCH3 is 1. The molecule has 0 aliphatic heterocycles. The molecule has 2 heterocycles. The van der Waals surface area contributed by atoms with Gasteiger partial charge in [0.05, 0.1) is 22.6 Å². The van der Waals surface area contributed by atoms with Gasteiger partial charge in [0.25, 0.3) is 0 Å². The molecule has 0 spiro atoms. The third kappa shape index (κ3) is 4.91. The minimum Gasteiger partial charge on any atom is -0.490 e. The van der Waals surface area contributed by atoms with Crippen LogP contribution in [0.3, 0.4) is 0 Å². The van der Waals surface area contributed by atoms with E-state index in [1.807, 2.05) is 0 Å². The Hall–Kier alpha value is -3.64. The molecule has 33 heavy (non-hydrogen) atoms. The third-order valence-electron chi connectivity index (χ3n) is 4.58. The molecule has 2 aromatic heterocycles. The van der Waals surface area contributed by atoms with Crippen LogP contribution < -0.4 is 9.47 Å². The van der Waals surface area contributed by atoms with E-state index in [4.69, 9.17) is 14.2 Å². The van der Waals surface area contributed by atoms with Crippen LogP contribution in [-0.2, 0) is 14.6 Å². The topological polar surface area (TPSA) is 116 Å². The average Bonchev–Trinajstić information content (AvgIpc) is 3.18. The summed E-state index contributed by atoms with van der Waals surface area (Å²) in [6.45, 7) is 0.576. The highest BCUT2D eigenvalue weighted by Gasteiger charge is 2.19. The van der Waals surface area contributed by atoms with Crippen LogP contribution >= 0.6 is 0 Å². The largest absolute Gasteiger partial charge is 0.490 e. The van der Waals surface area contributed by atoms with Crippen molar-refractivity contribution in [3.8, 4) is 28.8 Å². The molecule has 0 saturated carbocycles. The zero-order valence-corrected chi connectivity index (χ0v) is 18.3. The fourth-order valence-electron chi connectivity index (χ4n) is 2.99. The molecule has 12 heteroatoms. The second kappa shape index (κ2) is 9.08. The molecule has 0 unspecified atom stereocenters. The van der Waals surface area contributed by atoms with Crippen LogP contribution in [0.2, 0.25) is 0 Å². The SMILES string of the molecule is COCCOc1ccc(S(C)(=O)=O)cc1-c1[nH]nc2nc(Oc3ccc(F)cc3F)ncc12. The third-order valence-corrected chi connectivity index (χ3v) is 5.69. The van der Waals surface area contributed by atoms with E-state index in [9.17, 15) is 17.2 Å². The van der Waals surface area contributed by atoms with Gasteiger partial charge in [-0.05, 0) is 30.3 Å². The summed E-state index contributed by atoms with van der Waals surface area (Å²) in [4.78, 5) is 8.30. The van der Waals surface area contributed by atoms with E-state index in [2.05, 4.69) is 20.2 Å². The number of H-pyrrole nitrogens is 1. The van der Waals surface area contributed by atoms with Crippen molar-refractivity contribution in [2.75, 3.05) is 26.6 Å². The number of nitrogens with one attached hydrogen (secondary N) is 1. The smallest absolute Gasteiger partial charge is 0.324 e. The lowest BCUT2D eigenvalue weighted by molar-refractivity contribution is 0.146. The van der Waals surface area contributed by atoms with Crippen LogP contribution in [0, 0.1) is 11.6 Å². The van der Waals surface area contributed by atoms with E-state index >= 15 is 0 Å². The zero-order chi connectivity index (χ0) is 23.6. The number of benzene rings is 2. The minimum absolute atomic E-state index is 0.0898. The van der Waals surface area contributed by atoms with Gasteiger partial charge in [-0.15, -0.1) is 0 Å². The maximum atomic E-state index is 13.9. The molecule has 0 bridgehead atoms. The molecule has 2 aromatic carbocycles. The first-order valence-corrected chi connectivity index (χ1v) is 11.5. The number of fused-ring (bicyclic) bond motifs is 1. The first-order valence-electron chi connectivity index (χ1n) is 9.56. The molecule has 0 atom stereocenters. The Bertz CT molecular complexity index is 1430. The molecule has 0 aliphatic rings. The van der Waals surface area contributed by atoms with E-state index < -0.39 is 21.5 Å². The molecule has 1 N–H and O–H groups in total. The summed E-state index contributed by atoms with van der Waals surface area (Å²) < 4.78 is 67.2. The number of rotatable bonds is 8.